The van der Waals surface area contributed by atoms with Crippen molar-refractivity contribution in [3.8, 4) is 28.3 Å². The summed E-state index contributed by atoms with van der Waals surface area (Å²) in [5, 5.41) is 14.7. The summed E-state index contributed by atoms with van der Waals surface area (Å²) >= 11 is 6.50. The SMILES string of the molecule is CCCCc1cn(-c2c(Cl)ccn2CC)c(=O)n1Cc1cnccc1-c1ccc(-c2nn[nH]n2)cc1. The van der Waals surface area contributed by atoms with Crippen LogP contribution in [-0.2, 0) is 19.5 Å². The molecule has 9 nitrogen and oxygen atoms in total. The minimum absolute atomic E-state index is 0.112. The van der Waals surface area contributed by atoms with Gasteiger partial charge in [0.25, 0.3) is 0 Å². The van der Waals surface area contributed by atoms with Gasteiger partial charge < -0.3 is 4.57 Å². The maximum atomic E-state index is 13.7. The van der Waals surface area contributed by atoms with Crippen LogP contribution in [0.1, 0.15) is 37.9 Å². The number of rotatable bonds is 9. The van der Waals surface area contributed by atoms with Gasteiger partial charge in [0.15, 0.2) is 0 Å². The highest BCUT2D eigenvalue weighted by Gasteiger charge is 2.19. The fourth-order valence-electron chi connectivity index (χ4n) is 4.44. The van der Waals surface area contributed by atoms with Crippen molar-refractivity contribution in [2.75, 3.05) is 0 Å². The summed E-state index contributed by atoms with van der Waals surface area (Å²) in [5.41, 5.74) is 4.72. The van der Waals surface area contributed by atoms with E-state index in [0.29, 0.717) is 23.2 Å². The van der Waals surface area contributed by atoms with Gasteiger partial charge in [0.05, 0.1) is 11.6 Å². The third-order valence-corrected chi connectivity index (χ3v) is 6.63. The van der Waals surface area contributed by atoms with Crippen LogP contribution in [0.5, 0.6) is 0 Å². The van der Waals surface area contributed by atoms with Gasteiger partial charge >= 0.3 is 5.69 Å². The fraction of sp³-hybridized carbons (Fsp3) is 0.269. The van der Waals surface area contributed by atoms with Crippen molar-refractivity contribution in [3.63, 3.8) is 0 Å². The molecule has 1 N–H and O–H groups in total. The normalized spacial score (nSPS) is 11.3. The number of hydrogen-bond acceptors (Lipinski definition) is 5. The molecule has 0 spiro atoms. The number of aromatic nitrogens is 8. The van der Waals surface area contributed by atoms with Gasteiger partial charge in [-0.15, -0.1) is 10.2 Å². The molecule has 0 bridgehead atoms. The van der Waals surface area contributed by atoms with E-state index in [-0.39, 0.29) is 5.69 Å². The Balaban J connectivity index is 1.54. The van der Waals surface area contributed by atoms with E-state index in [1.54, 1.807) is 10.8 Å². The van der Waals surface area contributed by atoms with Gasteiger partial charge in [0, 0.05) is 42.6 Å². The Morgan fingerprint density at radius 3 is 2.58 bits per heavy atom. The number of aryl methyl sites for hydroxylation is 2. The first-order chi connectivity index (χ1) is 17.6. The zero-order chi connectivity index (χ0) is 25.1. The molecule has 0 aliphatic rings. The van der Waals surface area contributed by atoms with Crippen molar-refractivity contribution in [3.05, 3.63) is 87.9 Å². The van der Waals surface area contributed by atoms with Crippen molar-refractivity contribution in [2.45, 2.75) is 46.2 Å². The lowest BCUT2D eigenvalue weighted by molar-refractivity contribution is 0.665. The fourth-order valence-corrected chi connectivity index (χ4v) is 4.70. The lowest BCUT2D eigenvalue weighted by atomic mass is 10.00. The zero-order valence-electron chi connectivity index (χ0n) is 20.2. The molecule has 0 unspecified atom stereocenters. The highest BCUT2D eigenvalue weighted by atomic mass is 35.5. The molecule has 5 aromatic rings. The average molecular weight is 503 g/mol. The molecule has 4 aromatic heterocycles. The first kappa shape index (κ1) is 23.7. The van der Waals surface area contributed by atoms with Crippen LogP contribution >= 0.6 is 11.6 Å². The van der Waals surface area contributed by atoms with Gasteiger partial charge in [0.1, 0.15) is 5.82 Å². The molecule has 0 saturated carbocycles. The van der Waals surface area contributed by atoms with Gasteiger partial charge in [-0.05, 0) is 53.8 Å². The highest BCUT2D eigenvalue weighted by molar-refractivity contribution is 6.32. The van der Waals surface area contributed by atoms with Gasteiger partial charge in [0.2, 0.25) is 5.82 Å². The Labute approximate surface area is 213 Å². The summed E-state index contributed by atoms with van der Waals surface area (Å²) in [6, 6.07) is 11.8. The summed E-state index contributed by atoms with van der Waals surface area (Å²) in [6.07, 6.45) is 10.3. The standard InChI is InChI=1S/C26H27ClN8O/c1-3-5-6-21-17-35(25-23(27)12-14-33(25)4-2)26(36)34(21)16-20-15-28-13-11-22(20)18-7-9-19(10-8-18)24-29-31-32-30-24/h7-15,17H,3-6,16H2,1-2H3,(H,29,30,31,32). The minimum atomic E-state index is -0.112. The summed E-state index contributed by atoms with van der Waals surface area (Å²) in [4.78, 5) is 18.1. The Morgan fingerprint density at radius 1 is 1.06 bits per heavy atom. The van der Waals surface area contributed by atoms with Crippen LogP contribution < -0.4 is 5.69 Å². The maximum Gasteiger partial charge on any atom is 0.334 e. The summed E-state index contributed by atoms with van der Waals surface area (Å²) in [5.74, 6) is 1.24. The minimum Gasteiger partial charge on any atom is -0.333 e. The van der Waals surface area contributed by atoms with Crippen molar-refractivity contribution < 1.29 is 0 Å². The molecule has 36 heavy (non-hydrogen) atoms. The van der Waals surface area contributed by atoms with Crippen LogP contribution in [0.4, 0.5) is 0 Å². The first-order valence-corrected chi connectivity index (χ1v) is 12.4. The third kappa shape index (κ3) is 4.49. The van der Waals surface area contributed by atoms with Crippen LogP contribution in [0.3, 0.4) is 0 Å². The highest BCUT2D eigenvalue weighted by Crippen LogP contribution is 2.27. The van der Waals surface area contributed by atoms with Crippen LogP contribution in [0.2, 0.25) is 5.02 Å². The molecule has 1 aromatic carbocycles. The zero-order valence-corrected chi connectivity index (χ0v) is 21.0. The largest absolute Gasteiger partial charge is 0.334 e. The molecule has 5 rings (SSSR count). The van der Waals surface area contributed by atoms with E-state index >= 15 is 0 Å². The van der Waals surface area contributed by atoms with E-state index in [9.17, 15) is 4.79 Å². The molecule has 0 aliphatic heterocycles. The molecular formula is C26H27ClN8O. The monoisotopic (exact) mass is 502 g/mol. The van der Waals surface area contributed by atoms with Crippen LogP contribution in [-0.4, -0.2) is 39.3 Å². The summed E-state index contributed by atoms with van der Waals surface area (Å²) < 4.78 is 5.50. The van der Waals surface area contributed by atoms with Crippen molar-refractivity contribution >= 4 is 11.6 Å². The Hall–Kier alpha value is -3.98. The molecule has 0 aliphatic carbocycles. The smallest absolute Gasteiger partial charge is 0.333 e. The lowest BCUT2D eigenvalue weighted by Crippen LogP contribution is -2.26. The average Bonchev–Trinajstić information content (AvgIpc) is 3.64. The van der Waals surface area contributed by atoms with E-state index in [0.717, 1.165) is 53.8 Å². The van der Waals surface area contributed by atoms with Gasteiger partial charge in [-0.1, -0.05) is 49.2 Å². The number of pyridine rings is 1. The van der Waals surface area contributed by atoms with Gasteiger partial charge in [-0.2, -0.15) is 5.21 Å². The van der Waals surface area contributed by atoms with Crippen molar-refractivity contribution in [2.24, 2.45) is 0 Å². The van der Waals surface area contributed by atoms with Crippen LogP contribution in [0, 0.1) is 0 Å². The number of tetrazole rings is 1. The van der Waals surface area contributed by atoms with E-state index in [2.05, 4.69) is 32.5 Å². The van der Waals surface area contributed by atoms with E-state index in [1.165, 1.54) is 0 Å². The van der Waals surface area contributed by atoms with E-state index in [1.807, 2.05) is 71.0 Å². The molecule has 0 fully saturated rings. The second kappa shape index (κ2) is 10.3. The quantitative estimate of drug-likeness (QED) is 0.313. The van der Waals surface area contributed by atoms with Crippen LogP contribution in [0.25, 0.3) is 28.3 Å². The first-order valence-electron chi connectivity index (χ1n) is 12.0. The van der Waals surface area contributed by atoms with Crippen molar-refractivity contribution in [1.29, 1.82) is 0 Å². The predicted octanol–water partition coefficient (Wildman–Crippen LogP) is 4.75. The number of halogens is 1. The number of hydrogen-bond donors (Lipinski definition) is 1. The van der Waals surface area contributed by atoms with E-state index in [4.69, 9.17) is 11.6 Å². The van der Waals surface area contributed by atoms with Gasteiger partial charge in [-0.3, -0.25) is 14.1 Å². The number of unbranched alkanes of at least 4 members (excludes halogenated alkanes) is 1. The number of nitrogens with one attached hydrogen (secondary N) is 1. The molecule has 10 heteroatoms. The van der Waals surface area contributed by atoms with Gasteiger partial charge in [-0.25, -0.2) is 4.79 Å². The third-order valence-electron chi connectivity index (χ3n) is 6.34. The maximum absolute atomic E-state index is 13.7. The molecule has 0 amide bonds. The molecule has 0 saturated heterocycles. The Morgan fingerprint density at radius 2 is 1.86 bits per heavy atom. The molecule has 0 atom stereocenters. The molecular weight excluding hydrogens is 476 g/mol. The number of imidazole rings is 1. The Kier molecular flexibility index (Phi) is 6.81. The predicted molar refractivity (Wildman–Crippen MR) is 139 cm³/mol. The topological polar surface area (TPSA) is 99.2 Å². The number of benzene rings is 1. The second-order valence-corrected chi connectivity index (χ2v) is 8.99. The summed E-state index contributed by atoms with van der Waals surface area (Å²) in [7, 11) is 0. The second-order valence-electron chi connectivity index (χ2n) is 8.58. The summed E-state index contributed by atoms with van der Waals surface area (Å²) in [6.45, 7) is 5.31. The van der Waals surface area contributed by atoms with Crippen LogP contribution in [0.15, 0.2) is 66.0 Å². The lowest BCUT2D eigenvalue weighted by Gasteiger charge is -2.12. The van der Waals surface area contributed by atoms with Crippen molar-refractivity contribution in [1.82, 2.24) is 39.3 Å². The van der Waals surface area contributed by atoms with E-state index < -0.39 is 0 Å². The number of nitrogens with zero attached hydrogens (tertiary/aromatic N) is 7. The Bertz CT molecular complexity index is 1510. The molecule has 184 valence electrons. The number of H-pyrrole nitrogens is 1. The molecule has 4 heterocycles. The number of aromatic amines is 1. The molecule has 0 radical (unpaired) electrons.